The molecular weight excluding hydrogens is 508 g/mol. The molecule has 1 N–H and O–H groups in total. The minimum Gasteiger partial charge on any atom is -0.466 e. The Balaban J connectivity index is 1.59. The van der Waals surface area contributed by atoms with Gasteiger partial charge in [0.2, 0.25) is 0 Å². The number of aromatic nitrogens is 2. The Hall–Kier alpha value is -4.48. The van der Waals surface area contributed by atoms with Gasteiger partial charge in [0, 0.05) is 48.9 Å². The number of carbonyl (C=O) groups is 3. The van der Waals surface area contributed by atoms with E-state index in [1.54, 1.807) is 32.4 Å². The number of hydrogen-bond acceptors (Lipinski definition) is 10. The number of nitrogens with zero attached hydrogens (tertiary/aromatic N) is 3. The van der Waals surface area contributed by atoms with Crippen molar-refractivity contribution in [3.05, 3.63) is 81.2 Å². The molecular formula is C27H32N4O8. The van der Waals surface area contributed by atoms with Crippen LogP contribution in [-0.2, 0) is 35.1 Å². The molecule has 0 saturated carbocycles. The van der Waals surface area contributed by atoms with E-state index in [2.05, 4.69) is 10.3 Å². The van der Waals surface area contributed by atoms with Gasteiger partial charge >= 0.3 is 17.9 Å². The summed E-state index contributed by atoms with van der Waals surface area (Å²) in [5.41, 5.74) is 1.28. The Bertz CT molecular complexity index is 1270. The largest absolute Gasteiger partial charge is 0.466 e. The normalized spacial score (nSPS) is 15.0. The second-order valence-electron chi connectivity index (χ2n) is 8.95. The lowest BCUT2D eigenvalue weighted by Crippen LogP contribution is -2.32. The van der Waals surface area contributed by atoms with Crippen molar-refractivity contribution in [1.29, 1.82) is 0 Å². The predicted octanol–water partition coefficient (Wildman–Crippen LogP) is 3.55. The average molecular weight is 541 g/mol. The van der Waals surface area contributed by atoms with E-state index < -0.39 is 22.8 Å². The van der Waals surface area contributed by atoms with Gasteiger partial charge < -0.3 is 24.1 Å². The lowest BCUT2D eigenvalue weighted by atomic mass is 9.80. The van der Waals surface area contributed by atoms with Gasteiger partial charge in [0.1, 0.15) is 13.2 Å². The van der Waals surface area contributed by atoms with Crippen molar-refractivity contribution < 1.29 is 33.5 Å². The number of non-ortho nitro benzene ring substituents is 1. The number of dihydropyridines is 1. The van der Waals surface area contributed by atoms with Gasteiger partial charge in [-0.2, -0.15) is 0 Å². The molecule has 0 amide bonds. The molecule has 1 atom stereocenters. The number of methoxy groups -OCH3 is 1. The van der Waals surface area contributed by atoms with Crippen LogP contribution in [0.4, 0.5) is 5.69 Å². The number of esters is 3. The van der Waals surface area contributed by atoms with Crippen molar-refractivity contribution in [2.75, 3.05) is 20.3 Å². The van der Waals surface area contributed by atoms with Crippen LogP contribution >= 0.6 is 0 Å². The van der Waals surface area contributed by atoms with Gasteiger partial charge in [-0.1, -0.05) is 18.6 Å². The van der Waals surface area contributed by atoms with Crippen LogP contribution in [-0.4, -0.2) is 52.7 Å². The number of carbonyl (C=O) groups excluding carboxylic acids is 3. The molecule has 0 spiro atoms. The minimum atomic E-state index is -0.962. The van der Waals surface area contributed by atoms with Crippen molar-refractivity contribution in [2.45, 2.75) is 52.0 Å². The molecule has 208 valence electrons. The number of nitro benzene ring substituents is 1. The molecule has 1 unspecified atom stereocenters. The van der Waals surface area contributed by atoms with Crippen LogP contribution in [0, 0.1) is 10.1 Å². The van der Waals surface area contributed by atoms with E-state index in [1.807, 2.05) is 10.8 Å². The monoisotopic (exact) mass is 540 g/mol. The summed E-state index contributed by atoms with van der Waals surface area (Å²) in [4.78, 5) is 52.7. The Morgan fingerprint density at radius 2 is 1.77 bits per heavy atom. The van der Waals surface area contributed by atoms with Crippen LogP contribution < -0.4 is 5.32 Å². The minimum absolute atomic E-state index is 0.103. The first kappa shape index (κ1) is 29.1. The van der Waals surface area contributed by atoms with Crippen molar-refractivity contribution in [1.82, 2.24) is 14.9 Å². The summed E-state index contributed by atoms with van der Waals surface area (Å²) in [7, 11) is 1.21. The molecule has 1 aromatic carbocycles. The van der Waals surface area contributed by atoms with Gasteiger partial charge in [-0.25, -0.2) is 14.6 Å². The first-order chi connectivity index (χ1) is 18.7. The van der Waals surface area contributed by atoms with E-state index in [0.717, 1.165) is 19.4 Å². The van der Waals surface area contributed by atoms with Gasteiger partial charge in [-0.15, -0.1) is 0 Å². The smallest absolute Gasteiger partial charge is 0.336 e. The van der Waals surface area contributed by atoms with Gasteiger partial charge in [0.05, 0.1) is 35.4 Å². The fraction of sp³-hybridized carbons (Fsp3) is 0.407. The topological polar surface area (TPSA) is 152 Å². The Kier molecular flexibility index (Phi) is 10.4. The molecule has 2 heterocycles. The highest BCUT2D eigenvalue weighted by atomic mass is 16.6. The van der Waals surface area contributed by atoms with Crippen LogP contribution in [0.25, 0.3) is 0 Å². The van der Waals surface area contributed by atoms with E-state index in [1.165, 1.54) is 25.3 Å². The Labute approximate surface area is 225 Å². The molecule has 1 aliphatic heterocycles. The van der Waals surface area contributed by atoms with Crippen molar-refractivity contribution in [2.24, 2.45) is 0 Å². The van der Waals surface area contributed by atoms with E-state index in [9.17, 15) is 24.5 Å². The summed E-state index contributed by atoms with van der Waals surface area (Å²) in [6, 6.07) is 5.71. The Morgan fingerprint density at radius 1 is 1.05 bits per heavy atom. The van der Waals surface area contributed by atoms with Crippen LogP contribution in [0.1, 0.15) is 51.0 Å². The second-order valence-corrected chi connectivity index (χ2v) is 8.95. The third kappa shape index (κ3) is 7.76. The number of allylic oxidation sites excluding steroid dienone is 2. The van der Waals surface area contributed by atoms with E-state index in [4.69, 9.17) is 14.2 Å². The van der Waals surface area contributed by atoms with Crippen LogP contribution in [0.2, 0.25) is 0 Å². The van der Waals surface area contributed by atoms with Crippen LogP contribution in [0.5, 0.6) is 0 Å². The van der Waals surface area contributed by atoms with Crippen LogP contribution in [0.3, 0.4) is 0 Å². The average Bonchev–Trinajstić information content (AvgIpc) is 3.43. The van der Waals surface area contributed by atoms with Gasteiger partial charge in [0.25, 0.3) is 5.69 Å². The van der Waals surface area contributed by atoms with Gasteiger partial charge in [0.15, 0.2) is 0 Å². The maximum absolute atomic E-state index is 13.2. The lowest BCUT2D eigenvalue weighted by molar-refractivity contribution is -0.384. The molecule has 0 saturated heterocycles. The zero-order valence-corrected chi connectivity index (χ0v) is 22.2. The van der Waals surface area contributed by atoms with E-state index >= 15 is 0 Å². The number of unbranched alkanes of at least 4 members (excludes halogenated alkanes) is 2. The van der Waals surface area contributed by atoms with Crippen molar-refractivity contribution in [3.8, 4) is 0 Å². The molecule has 39 heavy (non-hydrogen) atoms. The lowest BCUT2D eigenvalue weighted by Gasteiger charge is -2.30. The third-order valence-corrected chi connectivity index (χ3v) is 6.24. The highest BCUT2D eigenvalue weighted by molar-refractivity contribution is 5.99. The number of rotatable bonds is 13. The number of hydrogen-bond donors (Lipinski definition) is 1. The van der Waals surface area contributed by atoms with Gasteiger partial charge in [-0.05, 0) is 32.3 Å². The quantitative estimate of drug-likeness (QED) is 0.131. The first-order valence-electron chi connectivity index (χ1n) is 12.5. The molecule has 0 bridgehead atoms. The predicted molar refractivity (Wildman–Crippen MR) is 139 cm³/mol. The number of imidazole rings is 1. The molecule has 1 aliphatic rings. The number of aryl methyl sites for hydroxylation is 1. The summed E-state index contributed by atoms with van der Waals surface area (Å²) in [5.74, 6) is -2.78. The molecule has 2 aromatic rings. The summed E-state index contributed by atoms with van der Waals surface area (Å²) < 4.78 is 17.5. The summed E-state index contributed by atoms with van der Waals surface area (Å²) >= 11 is 0. The SMILES string of the molecule is COC(=O)C1=C(C)NC(C)=C(C(=O)OCCOC(=O)CCCCCn2ccnc2)C1c1cccc([N+](=O)[O-])c1. The molecule has 12 heteroatoms. The maximum Gasteiger partial charge on any atom is 0.336 e. The van der Waals surface area contributed by atoms with Crippen molar-refractivity contribution in [3.63, 3.8) is 0 Å². The molecule has 0 radical (unpaired) electrons. The summed E-state index contributed by atoms with van der Waals surface area (Å²) in [5, 5.41) is 14.4. The molecule has 0 aliphatic carbocycles. The zero-order chi connectivity index (χ0) is 28.4. The number of benzene rings is 1. The fourth-order valence-electron chi connectivity index (χ4n) is 4.40. The van der Waals surface area contributed by atoms with Gasteiger partial charge in [-0.3, -0.25) is 14.9 Å². The standard InChI is InChI=1S/C27H32N4O8/c1-18-23(26(33)37-3)25(20-8-7-9-21(16-20)31(35)36)24(19(2)29-18)27(34)39-15-14-38-22(32)10-5-4-6-12-30-13-11-28-17-30/h7-9,11,13,16-17,25,29H,4-6,10,12,14-15H2,1-3H3. The third-order valence-electron chi connectivity index (χ3n) is 6.24. The number of nitrogens with one attached hydrogen (secondary N) is 1. The summed E-state index contributed by atoms with van der Waals surface area (Å²) in [6.45, 7) is 3.81. The molecule has 3 rings (SSSR count). The highest BCUT2D eigenvalue weighted by Gasteiger charge is 2.38. The number of ether oxygens (including phenoxy) is 3. The highest BCUT2D eigenvalue weighted by Crippen LogP contribution is 2.40. The second kappa shape index (κ2) is 13.9. The van der Waals surface area contributed by atoms with Crippen molar-refractivity contribution >= 4 is 23.6 Å². The Morgan fingerprint density at radius 3 is 2.44 bits per heavy atom. The molecule has 12 nitrogen and oxygen atoms in total. The van der Waals surface area contributed by atoms with Crippen LogP contribution in [0.15, 0.2) is 65.5 Å². The fourth-order valence-corrected chi connectivity index (χ4v) is 4.40. The zero-order valence-electron chi connectivity index (χ0n) is 22.2. The maximum atomic E-state index is 13.2. The first-order valence-corrected chi connectivity index (χ1v) is 12.5. The number of nitro groups is 1. The van der Waals surface area contributed by atoms with E-state index in [-0.39, 0.29) is 42.4 Å². The van der Waals surface area contributed by atoms with E-state index in [0.29, 0.717) is 23.4 Å². The summed E-state index contributed by atoms with van der Waals surface area (Å²) in [6.07, 6.45) is 8.06. The molecule has 1 aromatic heterocycles. The molecule has 0 fully saturated rings.